The van der Waals surface area contributed by atoms with E-state index in [-0.39, 0.29) is 17.0 Å². The summed E-state index contributed by atoms with van der Waals surface area (Å²) in [5.74, 6) is -2.06. The predicted molar refractivity (Wildman–Crippen MR) is 89.4 cm³/mol. The third-order valence-electron chi connectivity index (χ3n) is 3.80. The Bertz CT molecular complexity index is 1070. The topological polar surface area (TPSA) is 102 Å². The van der Waals surface area contributed by atoms with Gasteiger partial charge in [-0.05, 0) is 44.2 Å². The molecule has 0 spiro atoms. The van der Waals surface area contributed by atoms with E-state index < -0.39 is 35.2 Å². The Labute approximate surface area is 160 Å². The van der Waals surface area contributed by atoms with Crippen molar-refractivity contribution in [2.45, 2.75) is 20.0 Å². The standard InChI is InChI=1S/C17H13F4N5O3/c1-8-7-12(9(2)29-8)15(27)23-24-16(28)13-14(17(19,20)21)26(25-22-13)11-5-3-10(18)4-6-11/h3-7H,1-2H3,(H,23,27)(H,24,28). The van der Waals surface area contributed by atoms with Gasteiger partial charge < -0.3 is 4.42 Å². The molecule has 12 heteroatoms. The number of carbonyl (C=O) groups excluding carboxylic acids is 2. The van der Waals surface area contributed by atoms with Crippen LogP contribution in [0.25, 0.3) is 5.69 Å². The minimum Gasteiger partial charge on any atom is -0.466 e. The number of hydrogen-bond acceptors (Lipinski definition) is 5. The largest absolute Gasteiger partial charge is 0.466 e. The predicted octanol–water partition coefficient (Wildman–Crippen LogP) is 2.71. The summed E-state index contributed by atoms with van der Waals surface area (Å²) < 4.78 is 59.2. The Morgan fingerprint density at radius 2 is 1.69 bits per heavy atom. The van der Waals surface area contributed by atoms with E-state index in [2.05, 4.69) is 10.3 Å². The molecule has 0 atom stereocenters. The SMILES string of the molecule is Cc1cc(C(=O)NNC(=O)c2nnn(-c3ccc(F)cc3)c2C(F)(F)F)c(C)o1. The van der Waals surface area contributed by atoms with E-state index in [1.54, 1.807) is 6.92 Å². The zero-order chi connectivity index (χ0) is 21.3. The second-order valence-electron chi connectivity index (χ2n) is 5.91. The number of aryl methyl sites for hydroxylation is 2. The van der Waals surface area contributed by atoms with Gasteiger partial charge in [0.1, 0.15) is 17.3 Å². The summed E-state index contributed by atoms with van der Waals surface area (Å²) in [7, 11) is 0. The molecule has 0 aliphatic heterocycles. The van der Waals surface area contributed by atoms with E-state index in [4.69, 9.17) is 4.42 Å². The number of benzene rings is 1. The van der Waals surface area contributed by atoms with Crippen molar-refractivity contribution in [2.75, 3.05) is 0 Å². The maximum atomic E-state index is 13.5. The van der Waals surface area contributed by atoms with Crippen molar-refractivity contribution in [1.82, 2.24) is 25.8 Å². The van der Waals surface area contributed by atoms with Crippen LogP contribution in [-0.2, 0) is 6.18 Å². The zero-order valence-corrected chi connectivity index (χ0v) is 15.0. The van der Waals surface area contributed by atoms with Gasteiger partial charge in [0.05, 0.1) is 11.3 Å². The van der Waals surface area contributed by atoms with Crippen LogP contribution in [0.1, 0.15) is 38.1 Å². The van der Waals surface area contributed by atoms with Gasteiger partial charge in [0, 0.05) is 0 Å². The molecule has 2 N–H and O–H groups in total. The molecule has 152 valence electrons. The third kappa shape index (κ3) is 4.10. The number of alkyl halides is 3. The van der Waals surface area contributed by atoms with Crippen LogP contribution in [0.2, 0.25) is 0 Å². The molecule has 3 rings (SSSR count). The van der Waals surface area contributed by atoms with Crippen molar-refractivity contribution >= 4 is 11.8 Å². The van der Waals surface area contributed by atoms with Gasteiger partial charge in [0.25, 0.3) is 11.8 Å². The van der Waals surface area contributed by atoms with Crippen LogP contribution in [0, 0.1) is 19.7 Å². The Balaban J connectivity index is 1.86. The maximum Gasteiger partial charge on any atom is 0.435 e. The van der Waals surface area contributed by atoms with E-state index in [1.807, 2.05) is 10.9 Å². The molecule has 2 amide bonds. The monoisotopic (exact) mass is 411 g/mol. The van der Waals surface area contributed by atoms with Crippen molar-refractivity contribution < 1.29 is 31.6 Å². The molecule has 2 aromatic heterocycles. The van der Waals surface area contributed by atoms with Crippen LogP contribution < -0.4 is 10.9 Å². The number of amides is 2. The highest BCUT2D eigenvalue weighted by atomic mass is 19.4. The summed E-state index contributed by atoms with van der Waals surface area (Å²) in [6, 6.07) is 5.38. The lowest BCUT2D eigenvalue weighted by atomic mass is 10.2. The van der Waals surface area contributed by atoms with Gasteiger partial charge in [0.15, 0.2) is 11.4 Å². The Morgan fingerprint density at radius 1 is 1.07 bits per heavy atom. The van der Waals surface area contributed by atoms with E-state index >= 15 is 0 Å². The highest BCUT2D eigenvalue weighted by molar-refractivity contribution is 5.99. The molecule has 0 saturated heterocycles. The first-order valence-corrected chi connectivity index (χ1v) is 8.04. The summed E-state index contributed by atoms with van der Waals surface area (Å²) in [5.41, 5.74) is 1.26. The van der Waals surface area contributed by atoms with Crippen molar-refractivity contribution in [3.63, 3.8) is 0 Å². The third-order valence-corrected chi connectivity index (χ3v) is 3.80. The average molecular weight is 411 g/mol. The molecule has 0 fully saturated rings. The molecule has 0 aliphatic rings. The van der Waals surface area contributed by atoms with Crippen molar-refractivity contribution in [3.05, 3.63) is 64.6 Å². The molecule has 0 aliphatic carbocycles. The molecule has 3 aromatic rings. The first kappa shape index (κ1) is 20.0. The number of carbonyl (C=O) groups is 2. The number of hydrogen-bond donors (Lipinski definition) is 2. The van der Waals surface area contributed by atoms with Crippen LogP contribution in [0.5, 0.6) is 0 Å². The lowest BCUT2D eigenvalue weighted by molar-refractivity contribution is -0.143. The Kier molecular flexibility index (Phi) is 5.10. The first-order valence-electron chi connectivity index (χ1n) is 8.04. The number of hydrazine groups is 1. The highest BCUT2D eigenvalue weighted by Crippen LogP contribution is 2.32. The van der Waals surface area contributed by atoms with Gasteiger partial charge in [-0.15, -0.1) is 5.10 Å². The highest BCUT2D eigenvalue weighted by Gasteiger charge is 2.42. The van der Waals surface area contributed by atoms with Gasteiger partial charge in [0.2, 0.25) is 0 Å². The summed E-state index contributed by atoms with van der Waals surface area (Å²) in [4.78, 5) is 24.3. The number of halogens is 4. The minimum absolute atomic E-state index is 0.105. The van der Waals surface area contributed by atoms with E-state index in [1.165, 1.54) is 13.0 Å². The fourth-order valence-electron chi connectivity index (χ4n) is 2.55. The molecule has 1 aromatic carbocycles. The molecule has 2 heterocycles. The number of nitrogens with zero attached hydrogens (tertiary/aromatic N) is 3. The van der Waals surface area contributed by atoms with Crippen molar-refractivity contribution in [2.24, 2.45) is 0 Å². The second-order valence-corrected chi connectivity index (χ2v) is 5.91. The normalized spacial score (nSPS) is 11.4. The van der Waals surface area contributed by atoms with Gasteiger partial charge in [-0.3, -0.25) is 20.4 Å². The van der Waals surface area contributed by atoms with Gasteiger partial charge in [-0.1, -0.05) is 5.21 Å². The first-order chi connectivity index (χ1) is 13.6. The van der Waals surface area contributed by atoms with Gasteiger partial charge in [-0.25, -0.2) is 9.07 Å². The molecular formula is C17H13F4N5O3. The molecule has 0 unspecified atom stereocenters. The summed E-state index contributed by atoms with van der Waals surface area (Å²) in [5, 5.41) is 6.61. The number of aromatic nitrogens is 3. The number of nitrogens with one attached hydrogen (secondary N) is 2. The van der Waals surface area contributed by atoms with Gasteiger partial charge in [-0.2, -0.15) is 13.2 Å². The summed E-state index contributed by atoms with van der Waals surface area (Å²) in [6.45, 7) is 3.12. The Hall–Kier alpha value is -3.70. The van der Waals surface area contributed by atoms with E-state index in [0.29, 0.717) is 10.4 Å². The molecule has 8 nitrogen and oxygen atoms in total. The molecule has 29 heavy (non-hydrogen) atoms. The van der Waals surface area contributed by atoms with E-state index in [9.17, 15) is 27.2 Å². The van der Waals surface area contributed by atoms with Crippen molar-refractivity contribution in [1.29, 1.82) is 0 Å². The minimum atomic E-state index is -5.01. The number of rotatable bonds is 3. The van der Waals surface area contributed by atoms with Gasteiger partial charge >= 0.3 is 6.18 Å². The number of furan rings is 1. The lowest BCUT2D eigenvalue weighted by Gasteiger charge is -2.11. The van der Waals surface area contributed by atoms with Crippen LogP contribution in [-0.4, -0.2) is 26.8 Å². The van der Waals surface area contributed by atoms with Crippen LogP contribution >= 0.6 is 0 Å². The smallest absolute Gasteiger partial charge is 0.435 e. The molecule has 0 bridgehead atoms. The van der Waals surface area contributed by atoms with Crippen molar-refractivity contribution in [3.8, 4) is 5.69 Å². The summed E-state index contributed by atoms with van der Waals surface area (Å²) >= 11 is 0. The fourth-order valence-corrected chi connectivity index (χ4v) is 2.55. The average Bonchev–Trinajstić information content (AvgIpc) is 3.23. The van der Waals surface area contributed by atoms with Crippen LogP contribution in [0.4, 0.5) is 17.6 Å². The zero-order valence-electron chi connectivity index (χ0n) is 15.0. The van der Waals surface area contributed by atoms with Crippen LogP contribution in [0.3, 0.4) is 0 Å². The maximum absolute atomic E-state index is 13.5. The fraction of sp³-hybridized carbons (Fsp3) is 0.176. The molecule has 0 saturated carbocycles. The lowest BCUT2D eigenvalue weighted by Crippen LogP contribution is -2.42. The molecular weight excluding hydrogens is 398 g/mol. The van der Waals surface area contributed by atoms with E-state index in [0.717, 1.165) is 24.3 Å². The summed E-state index contributed by atoms with van der Waals surface area (Å²) in [6.07, 6.45) is -5.01. The second kappa shape index (κ2) is 7.37. The quantitative estimate of drug-likeness (QED) is 0.510. The molecule has 0 radical (unpaired) electrons. The van der Waals surface area contributed by atoms with Crippen LogP contribution in [0.15, 0.2) is 34.7 Å². The Morgan fingerprint density at radius 3 is 2.24 bits per heavy atom.